The molecule has 0 aliphatic carbocycles. The van der Waals surface area contributed by atoms with E-state index < -0.39 is 0 Å². The van der Waals surface area contributed by atoms with Gasteiger partial charge >= 0.3 is 0 Å². The van der Waals surface area contributed by atoms with Crippen molar-refractivity contribution in [2.75, 3.05) is 31.2 Å². The van der Waals surface area contributed by atoms with Gasteiger partial charge in [-0.25, -0.2) is 0 Å². The molecule has 1 aromatic rings. The molecule has 1 aromatic carbocycles. The van der Waals surface area contributed by atoms with E-state index in [2.05, 4.69) is 17.1 Å². The highest BCUT2D eigenvalue weighted by atomic mass is 16.5. The topological polar surface area (TPSA) is 50.8 Å². The molecule has 1 N–H and O–H groups in total. The monoisotopic (exact) mass is 304 g/mol. The first-order valence-electron chi connectivity index (χ1n) is 8.14. The molecular formula is C17H24N2O3. The van der Waals surface area contributed by atoms with E-state index in [1.165, 1.54) is 0 Å². The summed E-state index contributed by atoms with van der Waals surface area (Å²) in [6.07, 6.45) is 2.89. The molecule has 0 aromatic heterocycles. The van der Waals surface area contributed by atoms with Crippen LogP contribution in [-0.2, 0) is 9.53 Å². The average molecular weight is 304 g/mol. The Labute approximate surface area is 131 Å². The largest absolute Gasteiger partial charge is 0.486 e. The summed E-state index contributed by atoms with van der Waals surface area (Å²) in [7, 11) is 0. The summed E-state index contributed by atoms with van der Waals surface area (Å²) in [6, 6.07) is 8.19. The zero-order valence-electron chi connectivity index (χ0n) is 13.1. The number of ether oxygens (including phenoxy) is 2. The minimum Gasteiger partial charge on any atom is -0.486 e. The highest BCUT2D eigenvalue weighted by molar-refractivity contribution is 5.82. The van der Waals surface area contributed by atoms with Crippen molar-refractivity contribution < 1.29 is 14.3 Å². The van der Waals surface area contributed by atoms with Gasteiger partial charge in [0.05, 0.1) is 18.8 Å². The predicted octanol–water partition coefficient (Wildman–Crippen LogP) is 1.96. The molecule has 0 spiro atoms. The number of hydrogen-bond donors (Lipinski definition) is 1. The van der Waals surface area contributed by atoms with Gasteiger partial charge in [0.2, 0.25) is 5.91 Å². The van der Waals surface area contributed by atoms with Gasteiger partial charge in [0.25, 0.3) is 0 Å². The van der Waals surface area contributed by atoms with Crippen molar-refractivity contribution in [1.29, 1.82) is 0 Å². The van der Waals surface area contributed by atoms with Crippen LogP contribution in [0.25, 0.3) is 0 Å². The molecule has 2 aliphatic rings. The molecule has 1 amide bonds. The Morgan fingerprint density at radius 1 is 1.32 bits per heavy atom. The Kier molecular flexibility index (Phi) is 4.83. The molecule has 1 saturated heterocycles. The van der Waals surface area contributed by atoms with Gasteiger partial charge < -0.3 is 19.7 Å². The Morgan fingerprint density at radius 3 is 2.86 bits per heavy atom. The van der Waals surface area contributed by atoms with Crippen molar-refractivity contribution in [3.8, 4) is 5.75 Å². The summed E-state index contributed by atoms with van der Waals surface area (Å²) in [4.78, 5) is 14.5. The van der Waals surface area contributed by atoms with Gasteiger partial charge in [0.15, 0.2) is 0 Å². The van der Waals surface area contributed by atoms with Crippen LogP contribution in [0, 0.1) is 0 Å². The van der Waals surface area contributed by atoms with Crippen LogP contribution < -0.4 is 15.0 Å². The van der Waals surface area contributed by atoms with E-state index in [0.717, 1.165) is 50.5 Å². The fourth-order valence-electron chi connectivity index (χ4n) is 3.03. The van der Waals surface area contributed by atoms with E-state index in [0.29, 0.717) is 6.54 Å². The molecule has 0 saturated carbocycles. The second kappa shape index (κ2) is 7.01. The summed E-state index contributed by atoms with van der Waals surface area (Å²) in [6.45, 7) is 4.73. The van der Waals surface area contributed by atoms with Gasteiger partial charge in [-0.05, 0) is 31.4 Å². The normalized spacial score (nSPS) is 21.9. The van der Waals surface area contributed by atoms with E-state index in [1.54, 1.807) is 0 Å². The first-order chi connectivity index (χ1) is 10.8. The molecule has 5 nitrogen and oxygen atoms in total. The van der Waals surface area contributed by atoms with Crippen LogP contribution in [-0.4, -0.2) is 44.4 Å². The first kappa shape index (κ1) is 15.2. The third-order valence-electron chi connectivity index (χ3n) is 4.30. The number of carbonyl (C=O) groups excluding carboxylic acids is 1. The number of hydrogen-bond acceptors (Lipinski definition) is 4. The van der Waals surface area contributed by atoms with Crippen LogP contribution in [0.15, 0.2) is 24.3 Å². The summed E-state index contributed by atoms with van der Waals surface area (Å²) < 4.78 is 11.3. The van der Waals surface area contributed by atoms with Crippen molar-refractivity contribution in [2.45, 2.75) is 38.3 Å². The van der Waals surface area contributed by atoms with Crippen LogP contribution in [0.3, 0.4) is 0 Å². The fourth-order valence-corrected chi connectivity index (χ4v) is 3.03. The molecule has 1 fully saturated rings. The van der Waals surface area contributed by atoms with Crippen molar-refractivity contribution in [2.24, 2.45) is 0 Å². The second-order valence-corrected chi connectivity index (χ2v) is 5.95. The summed E-state index contributed by atoms with van der Waals surface area (Å²) >= 11 is 0. The zero-order chi connectivity index (χ0) is 15.4. The number of carbonyl (C=O) groups is 1. The van der Waals surface area contributed by atoms with Gasteiger partial charge in [-0.3, -0.25) is 4.79 Å². The number of anilines is 1. The highest BCUT2D eigenvalue weighted by Gasteiger charge is 2.26. The minimum absolute atomic E-state index is 0.0819. The first-order valence-corrected chi connectivity index (χ1v) is 8.14. The van der Waals surface area contributed by atoms with Crippen molar-refractivity contribution >= 4 is 11.6 Å². The third-order valence-corrected chi connectivity index (χ3v) is 4.30. The minimum atomic E-state index is 0.0819. The molecule has 3 rings (SSSR count). The van der Waals surface area contributed by atoms with Crippen molar-refractivity contribution in [1.82, 2.24) is 5.32 Å². The predicted molar refractivity (Wildman–Crippen MR) is 85.3 cm³/mol. The van der Waals surface area contributed by atoms with E-state index in [4.69, 9.17) is 9.47 Å². The lowest BCUT2D eigenvalue weighted by molar-refractivity contribution is -0.121. The van der Waals surface area contributed by atoms with Crippen LogP contribution in [0.2, 0.25) is 0 Å². The van der Waals surface area contributed by atoms with Gasteiger partial charge in [-0.1, -0.05) is 19.1 Å². The van der Waals surface area contributed by atoms with E-state index in [9.17, 15) is 4.79 Å². The van der Waals surface area contributed by atoms with Crippen LogP contribution in [0.5, 0.6) is 5.75 Å². The summed E-state index contributed by atoms with van der Waals surface area (Å²) in [5.74, 6) is 0.956. The highest BCUT2D eigenvalue weighted by Crippen LogP contribution is 2.33. The van der Waals surface area contributed by atoms with Crippen LogP contribution >= 0.6 is 0 Å². The number of nitrogens with one attached hydrogen (secondary N) is 1. The molecule has 5 heteroatoms. The third kappa shape index (κ3) is 3.53. The number of fused-ring (bicyclic) bond motifs is 1. The van der Waals surface area contributed by atoms with Gasteiger partial charge in [0.1, 0.15) is 11.9 Å². The average Bonchev–Trinajstić information content (AvgIpc) is 2.55. The van der Waals surface area contributed by atoms with E-state index in [-0.39, 0.29) is 18.1 Å². The molecular weight excluding hydrogens is 280 g/mol. The Hall–Kier alpha value is -1.75. The number of amides is 1. The molecule has 0 bridgehead atoms. The van der Waals surface area contributed by atoms with Crippen molar-refractivity contribution in [3.63, 3.8) is 0 Å². The fraction of sp³-hybridized carbons (Fsp3) is 0.588. The van der Waals surface area contributed by atoms with Gasteiger partial charge in [-0.2, -0.15) is 0 Å². The Balaban J connectivity index is 1.64. The van der Waals surface area contributed by atoms with Gasteiger partial charge in [0, 0.05) is 19.3 Å². The lowest BCUT2D eigenvalue weighted by Gasteiger charge is -2.36. The number of rotatable bonds is 4. The van der Waals surface area contributed by atoms with Crippen LogP contribution in [0.1, 0.15) is 26.2 Å². The zero-order valence-corrected chi connectivity index (χ0v) is 13.1. The van der Waals surface area contributed by atoms with Crippen molar-refractivity contribution in [3.05, 3.63) is 24.3 Å². The SMILES string of the molecule is CC[C@@H]1CN(CC(=O)NC2CCOCC2)c2ccccc2O1. The lowest BCUT2D eigenvalue weighted by Crippen LogP contribution is -2.48. The summed E-state index contributed by atoms with van der Waals surface area (Å²) in [5, 5.41) is 3.13. The standard InChI is InChI=1S/C17H24N2O3/c1-2-14-11-19(15-5-3-4-6-16(15)22-14)12-17(20)18-13-7-9-21-10-8-13/h3-6,13-14H,2,7-12H2,1H3,(H,18,20)/t14-/m1/s1. The van der Waals surface area contributed by atoms with Gasteiger partial charge in [-0.15, -0.1) is 0 Å². The molecule has 1 atom stereocenters. The Morgan fingerprint density at radius 2 is 2.09 bits per heavy atom. The summed E-state index contributed by atoms with van der Waals surface area (Å²) in [5.41, 5.74) is 1.01. The molecule has 120 valence electrons. The lowest BCUT2D eigenvalue weighted by atomic mass is 10.1. The molecule has 0 unspecified atom stereocenters. The van der Waals surface area contributed by atoms with E-state index in [1.807, 2.05) is 24.3 Å². The molecule has 2 aliphatic heterocycles. The number of nitrogens with zero attached hydrogens (tertiary/aromatic N) is 1. The molecule has 2 heterocycles. The Bertz CT molecular complexity index is 514. The number of para-hydroxylation sites is 2. The quantitative estimate of drug-likeness (QED) is 0.924. The smallest absolute Gasteiger partial charge is 0.239 e. The molecule has 22 heavy (non-hydrogen) atoms. The second-order valence-electron chi connectivity index (χ2n) is 5.95. The maximum atomic E-state index is 12.3. The maximum Gasteiger partial charge on any atom is 0.239 e. The molecule has 0 radical (unpaired) electrons. The number of benzene rings is 1. The van der Waals surface area contributed by atoms with Crippen LogP contribution in [0.4, 0.5) is 5.69 Å². The van der Waals surface area contributed by atoms with E-state index >= 15 is 0 Å². The maximum absolute atomic E-state index is 12.3.